The zero-order valence-corrected chi connectivity index (χ0v) is 10.3. The quantitative estimate of drug-likeness (QED) is 0.367. The fourth-order valence-corrected chi connectivity index (χ4v) is 1.79. The van der Waals surface area contributed by atoms with Gasteiger partial charge < -0.3 is 5.41 Å². The molecule has 17 heavy (non-hydrogen) atoms. The van der Waals surface area contributed by atoms with Crippen molar-refractivity contribution >= 4 is 17.3 Å². The van der Waals surface area contributed by atoms with Gasteiger partial charge in [0, 0.05) is 17.0 Å². The third kappa shape index (κ3) is 4.11. The summed E-state index contributed by atoms with van der Waals surface area (Å²) in [6, 6.07) is 3.41. The number of hydrogen-bond donors (Lipinski definition) is 1. The molecule has 1 heterocycles. The van der Waals surface area contributed by atoms with Crippen molar-refractivity contribution < 1.29 is 4.92 Å². The van der Waals surface area contributed by atoms with Gasteiger partial charge in [-0.3, -0.25) is 10.1 Å². The Kier molecular flexibility index (Phi) is 5.03. The van der Waals surface area contributed by atoms with Crippen molar-refractivity contribution in [3.63, 3.8) is 0 Å². The average Bonchev–Trinajstić information content (AvgIpc) is 2.26. The lowest BCUT2D eigenvalue weighted by Gasteiger charge is -2.15. The number of rotatable bonds is 6. The van der Waals surface area contributed by atoms with Crippen LogP contribution in [0.2, 0.25) is 5.15 Å². The summed E-state index contributed by atoms with van der Waals surface area (Å²) in [6.45, 7) is 1.56. The number of aromatic nitrogens is 1. The fourth-order valence-electron chi connectivity index (χ4n) is 1.67. The monoisotopic (exact) mass is 255 g/mol. The summed E-state index contributed by atoms with van der Waals surface area (Å²) in [4.78, 5) is 13.9. The summed E-state index contributed by atoms with van der Waals surface area (Å²) in [6.07, 6.45) is 3.14. The molecule has 0 saturated carbocycles. The van der Waals surface area contributed by atoms with Crippen molar-refractivity contribution in [2.75, 3.05) is 6.54 Å². The van der Waals surface area contributed by atoms with Crippen LogP contribution >= 0.6 is 11.6 Å². The lowest BCUT2D eigenvalue weighted by molar-refractivity contribution is -0.463. The van der Waals surface area contributed by atoms with Crippen LogP contribution in [0.1, 0.15) is 31.2 Å². The van der Waals surface area contributed by atoms with E-state index in [0.29, 0.717) is 11.6 Å². The largest absolute Gasteiger partial charge is 0.302 e. The Balaban J connectivity index is 2.88. The van der Waals surface area contributed by atoms with E-state index in [1.165, 1.54) is 0 Å². The van der Waals surface area contributed by atoms with Crippen LogP contribution in [0.25, 0.3) is 0 Å². The van der Waals surface area contributed by atoms with E-state index in [-0.39, 0.29) is 11.6 Å². The molecule has 5 nitrogen and oxygen atoms in total. The first kappa shape index (κ1) is 13.6. The van der Waals surface area contributed by atoms with E-state index >= 15 is 0 Å². The molecular weight excluding hydrogens is 242 g/mol. The molecule has 1 aromatic rings. The lowest BCUT2D eigenvalue weighted by atomic mass is 9.91. The maximum Gasteiger partial charge on any atom is 0.241 e. The van der Waals surface area contributed by atoms with Gasteiger partial charge in [0.25, 0.3) is 0 Å². The van der Waals surface area contributed by atoms with Gasteiger partial charge in [0.05, 0.1) is 5.71 Å². The molecule has 1 rings (SSSR count). The maximum absolute atomic E-state index is 10.4. The smallest absolute Gasteiger partial charge is 0.241 e. The van der Waals surface area contributed by atoms with Crippen LogP contribution in [-0.4, -0.2) is 22.2 Å². The van der Waals surface area contributed by atoms with Crippen LogP contribution in [0.15, 0.2) is 18.3 Å². The summed E-state index contributed by atoms with van der Waals surface area (Å²) in [5.74, 6) is -0.241. The fraction of sp³-hybridized carbons (Fsp3) is 0.455. The Hall–Kier alpha value is -1.49. The van der Waals surface area contributed by atoms with Gasteiger partial charge in [0.15, 0.2) is 0 Å². The molecule has 1 unspecified atom stereocenters. The van der Waals surface area contributed by atoms with Gasteiger partial charge in [-0.05, 0) is 18.1 Å². The van der Waals surface area contributed by atoms with Crippen molar-refractivity contribution in [2.45, 2.75) is 25.7 Å². The van der Waals surface area contributed by atoms with Gasteiger partial charge >= 0.3 is 0 Å². The maximum atomic E-state index is 10.4. The summed E-state index contributed by atoms with van der Waals surface area (Å²) in [7, 11) is 0. The molecule has 0 aliphatic rings. The number of nitrogens with zero attached hydrogens (tertiary/aromatic N) is 2. The zero-order chi connectivity index (χ0) is 12.8. The first-order valence-electron chi connectivity index (χ1n) is 5.35. The van der Waals surface area contributed by atoms with Gasteiger partial charge in [-0.1, -0.05) is 31.0 Å². The van der Waals surface area contributed by atoms with Crippen LogP contribution in [0.4, 0.5) is 0 Å². The molecule has 1 atom stereocenters. The molecule has 0 amide bonds. The number of hydrogen-bond acceptors (Lipinski definition) is 4. The van der Waals surface area contributed by atoms with E-state index in [1.807, 2.05) is 6.92 Å². The van der Waals surface area contributed by atoms with E-state index < -0.39 is 11.5 Å². The SMILES string of the molecule is CCCC(C(=N)C[N+](=O)[O-])c1ccc(Cl)nc1. The van der Waals surface area contributed by atoms with E-state index in [1.54, 1.807) is 18.3 Å². The number of halogens is 1. The summed E-state index contributed by atoms with van der Waals surface area (Å²) >= 11 is 5.68. The standard InChI is InChI=1S/C11H14ClN3O2/c1-2-3-9(10(13)7-15(16)17)8-4-5-11(12)14-6-8/h4-6,9,13H,2-3,7H2,1H3. The number of nitro groups is 1. The Labute approximate surface area is 104 Å². The molecular formula is C11H14ClN3O2. The topological polar surface area (TPSA) is 79.9 Å². The summed E-state index contributed by atoms with van der Waals surface area (Å²) in [5.41, 5.74) is 0.920. The summed E-state index contributed by atoms with van der Waals surface area (Å²) < 4.78 is 0. The number of nitrogens with one attached hydrogen (secondary N) is 1. The van der Waals surface area contributed by atoms with Crippen molar-refractivity contribution in [1.82, 2.24) is 4.98 Å². The second kappa shape index (κ2) is 6.30. The minimum Gasteiger partial charge on any atom is -0.302 e. The highest BCUT2D eigenvalue weighted by molar-refractivity contribution is 6.29. The van der Waals surface area contributed by atoms with Crippen molar-refractivity contribution in [3.05, 3.63) is 39.2 Å². The molecule has 6 heteroatoms. The second-order valence-corrected chi connectivity index (χ2v) is 4.16. The highest BCUT2D eigenvalue weighted by atomic mass is 35.5. The molecule has 0 spiro atoms. The minimum atomic E-state index is -0.478. The van der Waals surface area contributed by atoms with Gasteiger partial charge in [-0.15, -0.1) is 0 Å². The first-order chi connectivity index (χ1) is 8.04. The van der Waals surface area contributed by atoms with Gasteiger partial charge in [0.2, 0.25) is 6.54 Å². The third-order valence-electron chi connectivity index (χ3n) is 2.45. The van der Waals surface area contributed by atoms with Gasteiger partial charge in [-0.2, -0.15) is 0 Å². The molecule has 0 bridgehead atoms. The first-order valence-corrected chi connectivity index (χ1v) is 5.73. The van der Waals surface area contributed by atoms with Crippen LogP contribution in [0.3, 0.4) is 0 Å². The van der Waals surface area contributed by atoms with E-state index in [4.69, 9.17) is 17.0 Å². The molecule has 92 valence electrons. The zero-order valence-electron chi connectivity index (χ0n) is 9.52. The Bertz CT molecular complexity index is 406. The van der Waals surface area contributed by atoms with Crippen molar-refractivity contribution in [2.24, 2.45) is 0 Å². The molecule has 0 saturated heterocycles. The van der Waals surface area contributed by atoms with E-state index in [9.17, 15) is 10.1 Å². The molecule has 0 aliphatic carbocycles. The van der Waals surface area contributed by atoms with Gasteiger partial charge in [-0.25, -0.2) is 4.98 Å². The minimum absolute atomic E-state index is 0.112. The third-order valence-corrected chi connectivity index (χ3v) is 2.67. The highest BCUT2D eigenvalue weighted by Gasteiger charge is 2.20. The molecule has 1 N–H and O–H groups in total. The van der Waals surface area contributed by atoms with Crippen LogP contribution < -0.4 is 0 Å². The highest BCUT2D eigenvalue weighted by Crippen LogP contribution is 2.23. The molecule has 0 radical (unpaired) electrons. The van der Waals surface area contributed by atoms with Crippen molar-refractivity contribution in [1.29, 1.82) is 5.41 Å². The Morgan fingerprint density at radius 2 is 2.35 bits per heavy atom. The predicted molar refractivity (Wildman–Crippen MR) is 66.5 cm³/mol. The average molecular weight is 256 g/mol. The van der Waals surface area contributed by atoms with E-state index in [2.05, 4.69) is 4.98 Å². The predicted octanol–water partition coefficient (Wildman–Crippen LogP) is 2.92. The van der Waals surface area contributed by atoms with Crippen LogP contribution in [0.5, 0.6) is 0 Å². The van der Waals surface area contributed by atoms with Crippen molar-refractivity contribution in [3.8, 4) is 0 Å². The van der Waals surface area contributed by atoms with Crippen LogP contribution in [-0.2, 0) is 0 Å². The molecule has 0 fully saturated rings. The number of pyridine rings is 1. The second-order valence-electron chi connectivity index (χ2n) is 3.77. The van der Waals surface area contributed by atoms with E-state index in [0.717, 1.165) is 12.0 Å². The normalized spacial score (nSPS) is 12.1. The lowest BCUT2D eigenvalue weighted by Crippen LogP contribution is -2.21. The molecule has 0 aliphatic heterocycles. The molecule has 0 aromatic carbocycles. The van der Waals surface area contributed by atoms with Gasteiger partial charge in [0.1, 0.15) is 5.15 Å². The Morgan fingerprint density at radius 3 is 2.82 bits per heavy atom. The van der Waals surface area contributed by atoms with Crippen LogP contribution in [0, 0.1) is 15.5 Å². The Morgan fingerprint density at radius 1 is 1.65 bits per heavy atom. The summed E-state index contributed by atoms with van der Waals surface area (Å²) in [5, 5.41) is 18.6. The molecule has 1 aromatic heterocycles.